The van der Waals surface area contributed by atoms with E-state index < -0.39 is 0 Å². The van der Waals surface area contributed by atoms with Crippen LogP contribution >= 0.6 is 0 Å². The summed E-state index contributed by atoms with van der Waals surface area (Å²) in [4.78, 5) is 0. The molecule has 0 saturated carbocycles. The number of hydrogen-bond donors (Lipinski definition) is 0. The maximum Gasteiger partial charge on any atom is 0.0690 e. The fraction of sp³-hybridized carbons (Fsp3) is 0.714. The highest BCUT2D eigenvalue weighted by atomic mass is 15.3. The van der Waals surface area contributed by atoms with Gasteiger partial charge in [0, 0.05) is 12.6 Å². The lowest BCUT2D eigenvalue weighted by molar-refractivity contribution is 0.398. The molecule has 3 nitrogen and oxygen atoms in total. The van der Waals surface area contributed by atoms with E-state index in [1.54, 1.807) is 0 Å². The third-order valence-corrected chi connectivity index (χ3v) is 3.60. The van der Waals surface area contributed by atoms with Crippen molar-refractivity contribution in [2.75, 3.05) is 0 Å². The Kier molecular flexibility index (Phi) is 4.74. The minimum absolute atomic E-state index is 0.285. The summed E-state index contributed by atoms with van der Waals surface area (Å²) < 4.78 is 2.04. The largest absolute Gasteiger partial charge is 0.269 e. The lowest BCUT2D eigenvalue weighted by Crippen LogP contribution is -2.17. The van der Waals surface area contributed by atoms with Crippen molar-refractivity contribution < 1.29 is 0 Å². The van der Waals surface area contributed by atoms with Crippen molar-refractivity contribution in [2.45, 2.75) is 59.4 Å². The number of rotatable bonds is 6. The Morgan fingerprint density at radius 3 is 2.53 bits per heavy atom. The van der Waals surface area contributed by atoms with Gasteiger partial charge in [-0.15, -0.1) is 0 Å². The Labute approximate surface area is 104 Å². The van der Waals surface area contributed by atoms with Crippen LogP contribution in [0.5, 0.6) is 0 Å². The standard InChI is InChI=1S/C14H23N3/c1-5-13(6-2)17-9-8-12(16-17)10-14(4,7-3)11-15/h8-9,13H,5-7,10H2,1-4H3. The molecule has 0 aliphatic heterocycles. The van der Waals surface area contributed by atoms with Gasteiger partial charge in [-0.25, -0.2) is 0 Å². The highest BCUT2D eigenvalue weighted by Crippen LogP contribution is 2.25. The molecule has 1 atom stereocenters. The van der Waals surface area contributed by atoms with Gasteiger partial charge in [0.05, 0.1) is 23.2 Å². The van der Waals surface area contributed by atoms with Gasteiger partial charge in [-0.3, -0.25) is 4.68 Å². The first-order valence-electron chi connectivity index (χ1n) is 6.53. The van der Waals surface area contributed by atoms with Crippen LogP contribution in [-0.4, -0.2) is 9.78 Å². The fourth-order valence-electron chi connectivity index (χ4n) is 1.98. The zero-order chi connectivity index (χ0) is 12.9. The molecule has 0 aliphatic rings. The molecule has 0 aliphatic carbocycles. The SMILES string of the molecule is CCC(CC)n1ccc(CC(C)(C#N)CC)n1. The molecule has 0 spiro atoms. The predicted molar refractivity (Wildman–Crippen MR) is 69.6 cm³/mol. The monoisotopic (exact) mass is 233 g/mol. The fourth-order valence-corrected chi connectivity index (χ4v) is 1.98. The molecule has 1 unspecified atom stereocenters. The van der Waals surface area contributed by atoms with Crippen molar-refractivity contribution in [1.29, 1.82) is 5.26 Å². The van der Waals surface area contributed by atoms with Crippen LogP contribution in [0, 0.1) is 16.7 Å². The van der Waals surface area contributed by atoms with Crippen molar-refractivity contribution in [1.82, 2.24) is 9.78 Å². The van der Waals surface area contributed by atoms with Gasteiger partial charge in [0.15, 0.2) is 0 Å². The number of aromatic nitrogens is 2. The van der Waals surface area contributed by atoms with Gasteiger partial charge in [-0.1, -0.05) is 20.8 Å². The summed E-state index contributed by atoms with van der Waals surface area (Å²) in [6.45, 7) is 8.42. The van der Waals surface area contributed by atoms with Crippen LogP contribution < -0.4 is 0 Å². The summed E-state index contributed by atoms with van der Waals surface area (Å²) in [7, 11) is 0. The van der Waals surface area contributed by atoms with Crippen molar-refractivity contribution in [2.24, 2.45) is 5.41 Å². The van der Waals surface area contributed by atoms with E-state index in [1.807, 2.05) is 23.9 Å². The second kappa shape index (κ2) is 5.86. The van der Waals surface area contributed by atoms with Gasteiger partial charge in [0.1, 0.15) is 0 Å². The van der Waals surface area contributed by atoms with Gasteiger partial charge >= 0.3 is 0 Å². The molecule has 0 saturated heterocycles. The van der Waals surface area contributed by atoms with Crippen LogP contribution in [0.15, 0.2) is 12.3 Å². The molecule has 0 bridgehead atoms. The average molecular weight is 233 g/mol. The number of nitrogens with zero attached hydrogens (tertiary/aromatic N) is 3. The Bertz CT molecular complexity index is 384. The number of nitriles is 1. The molecule has 1 aromatic heterocycles. The Morgan fingerprint density at radius 1 is 1.41 bits per heavy atom. The molecular formula is C14H23N3. The van der Waals surface area contributed by atoms with Gasteiger partial charge in [-0.05, 0) is 32.3 Å². The summed E-state index contributed by atoms with van der Waals surface area (Å²) in [6, 6.07) is 4.92. The summed E-state index contributed by atoms with van der Waals surface area (Å²) in [5, 5.41) is 13.8. The molecule has 17 heavy (non-hydrogen) atoms. The van der Waals surface area contributed by atoms with E-state index in [9.17, 15) is 5.26 Å². The predicted octanol–water partition coefficient (Wildman–Crippen LogP) is 3.73. The minimum Gasteiger partial charge on any atom is -0.269 e. The van der Waals surface area contributed by atoms with Crippen molar-refractivity contribution in [3.05, 3.63) is 18.0 Å². The summed E-state index contributed by atoms with van der Waals surface area (Å²) in [6.07, 6.45) is 5.84. The van der Waals surface area contributed by atoms with Gasteiger partial charge < -0.3 is 0 Å². The van der Waals surface area contributed by atoms with E-state index in [0.29, 0.717) is 6.04 Å². The lowest BCUT2D eigenvalue weighted by Gasteiger charge is -2.17. The van der Waals surface area contributed by atoms with Crippen LogP contribution in [-0.2, 0) is 6.42 Å². The molecule has 1 rings (SSSR count). The molecule has 0 fully saturated rings. The van der Waals surface area contributed by atoms with Crippen molar-refractivity contribution in [3.8, 4) is 6.07 Å². The van der Waals surface area contributed by atoms with E-state index in [1.165, 1.54) is 0 Å². The molecule has 94 valence electrons. The van der Waals surface area contributed by atoms with E-state index >= 15 is 0 Å². The third-order valence-electron chi connectivity index (χ3n) is 3.60. The van der Waals surface area contributed by atoms with Crippen LogP contribution in [0.3, 0.4) is 0 Å². The smallest absolute Gasteiger partial charge is 0.0690 e. The molecule has 3 heteroatoms. The summed E-state index contributed by atoms with van der Waals surface area (Å²) >= 11 is 0. The molecule has 0 N–H and O–H groups in total. The van der Waals surface area contributed by atoms with Gasteiger partial charge in [0.25, 0.3) is 0 Å². The first-order valence-corrected chi connectivity index (χ1v) is 6.53. The van der Waals surface area contributed by atoms with E-state index in [4.69, 9.17) is 0 Å². The van der Waals surface area contributed by atoms with Crippen LogP contribution in [0.2, 0.25) is 0 Å². The second-order valence-electron chi connectivity index (χ2n) is 4.96. The number of hydrogen-bond acceptors (Lipinski definition) is 2. The highest BCUT2D eigenvalue weighted by Gasteiger charge is 2.23. The van der Waals surface area contributed by atoms with Gasteiger partial charge in [0.2, 0.25) is 0 Å². The van der Waals surface area contributed by atoms with E-state index in [0.717, 1.165) is 31.4 Å². The lowest BCUT2D eigenvalue weighted by atomic mass is 9.84. The zero-order valence-electron chi connectivity index (χ0n) is 11.4. The molecule has 0 amide bonds. The highest BCUT2D eigenvalue weighted by molar-refractivity contribution is 5.08. The van der Waals surface area contributed by atoms with Crippen molar-refractivity contribution in [3.63, 3.8) is 0 Å². The molecular weight excluding hydrogens is 210 g/mol. The average Bonchev–Trinajstić information content (AvgIpc) is 2.79. The first kappa shape index (κ1) is 13.8. The quantitative estimate of drug-likeness (QED) is 0.751. The van der Waals surface area contributed by atoms with Crippen LogP contribution in [0.1, 0.15) is 58.7 Å². The summed E-state index contributed by atoms with van der Waals surface area (Å²) in [5.74, 6) is 0. The third kappa shape index (κ3) is 3.33. The maximum absolute atomic E-state index is 9.17. The summed E-state index contributed by atoms with van der Waals surface area (Å²) in [5.41, 5.74) is 0.746. The normalized spacial score (nSPS) is 14.6. The van der Waals surface area contributed by atoms with E-state index in [-0.39, 0.29) is 5.41 Å². The Morgan fingerprint density at radius 2 is 2.06 bits per heavy atom. The van der Waals surface area contributed by atoms with Crippen molar-refractivity contribution >= 4 is 0 Å². The zero-order valence-corrected chi connectivity index (χ0v) is 11.4. The molecule has 0 aromatic carbocycles. The first-order chi connectivity index (χ1) is 8.08. The molecule has 1 heterocycles. The minimum atomic E-state index is -0.285. The molecule has 1 aromatic rings. The Balaban J connectivity index is 2.79. The topological polar surface area (TPSA) is 41.6 Å². The molecule has 0 radical (unpaired) electrons. The Hall–Kier alpha value is -1.30. The maximum atomic E-state index is 9.17. The van der Waals surface area contributed by atoms with E-state index in [2.05, 4.69) is 31.9 Å². The van der Waals surface area contributed by atoms with Gasteiger partial charge in [-0.2, -0.15) is 10.4 Å². The second-order valence-corrected chi connectivity index (χ2v) is 4.96. The van der Waals surface area contributed by atoms with Crippen LogP contribution in [0.25, 0.3) is 0 Å². The van der Waals surface area contributed by atoms with Crippen LogP contribution in [0.4, 0.5) is 0 Å².